The molecule has 0 atom stereocenters. The number of aryl methyl sites for hydroxylation is 1. The fraction of sp³-hybridized carbons (Fsp3) is 0.333. The number of hydrogen-bond donors (Lipinski definition) is 1. The number of likely N-dealkylation sites (tertiary alicyclic amines) is 1. The van der Waals surface area contributed by atoms with Crippen LogP contribution in [-0.2, 0) is 15.8 Å². The number of nitrogens with zero attached hydrogens (tertiary/aromatic N) is 1. The van der Waals surface area contributed by atoms with Gasteiger partial charge in [-0.25, -0.2) is 0 Å². The molecule has 0 unspecified atom stereocenters. The highest BCUT2D eigenvalue weighted by Crippen LogP contribution is 2.40. The first-order chi connectivity index (χ1) is 15.2. The first kappa shape index (κ1) is 23.9. The van der Waals surface area contributed by atoms with Crippen LogP contribution in [0, 0.1) is 6.92 Å². The molecule has 0 aromatic heterocycles. The van der Waals surface area contributed by atoms with E-state index < -0.39 is 11.7 Å². The van der Waals surface area contributed by atoms with Gasteiger partial charge in [0, 0.05) is 41.9 Å². The molecule has 3 rings (SSSR count). The molecule has 1 fully saturated rings. The van der Waals surface area contributed by atoms with Crippen LogP contribution in [0.15, 0.2) is 58.3 Å². The summed E-state index contributed by atoms with van der Waals surface area (Å²) in [5.74, 6) is -0.245. The number of amides is 2. The number of carbonyl (C=O) groups is 2. The Morgan fingerprint density at radius 3 is 2.66 bits per heavy atom. The number of alkyl halides is 3. The monoisotopic (exact) mass is 462 g/mol. The molecule has 1 N–H and O–H groups in total. The third-order valence-electron chi connectivity index (χ3n) is 5.13. The van der Waals surface area contributed by atoms with Crippen LogP contribution in [0.4, 0.5) is 13.2 Å². The average Bonchev–Trinajstić information content (AvgIpc) is 3.16. The summed E-state index contributed by atoms with van der Waals surface area (Å²) in [5.41, 5.74) is 0.466. The second-order valence-corrected chi connectivity index (χ2v) is 8.67. The molecule has 1 saturated heterocycles. The lowest BCUT2D eigenvalue weighted by Crippen LogP contribution is -2.29. The Hall–Kier alpha value is -2.74. The third kappa shape index (κ3) is 6.63. The van der Waals surface area contributed by atoms with Crippen molar-refractivity contribution in [3.05, 3.63) is 65.2 Å². The van der Waals surface area contributed by atoms with Gasteiger partial charge in [0.15, 0.2) is 0 Å². The van der Waals surface area contributed by atoms with E-state index in [2.05, 4.69) is 5.32 Å². The summed E-state index contributed by atoms with van der Waals surface area (Å²) in [6.45, 7) is 3.60. The lowest BCUT2D eigenvalue weighted by atomic mass is 10.1. The van der Waals surface area contributed by atoms with Gasteiger partial charge in [0.2, 0.25) is 11.8 Å². The molecule has 1 heterocycles. The lowest BCUT2D eigenvalue weighted by molar-refractivity contribution is -0.139. The van der Waals surface area contributed by atoms with Gasteiger partial charge in [-0.15, -0.1) is 0 Å². The van der Waals surface area contributed by atoms with Crippen LogP contribution >= 0.6 is 11.8 Å². The Kier molecular flexibility index (Phi) is 8.01. The fourth-order valence-corrected chi connectivity index (χ4v) is 4.44. The van der Waals surface area contributed by atoms with Crippen molar-refractivity contribution in [3.63, 3.8) is 0 Å². The highest BCUT2D eigenvalue weighted by molar-refractivity contribution is 7.99. The number of benzene rings is 2. The highest BCUT2D eigenvalue weighted by Gasteiger charge is 2.34. The van der Waals surface area contributed by atoms with E-state index in [1.807, 2.05) is 19.1 Å². The summed E-state index contributed by atoms with van der Waals surface area (Å²) in [6.07, 6.45) is 0.174. The van der Waals surface area contributed by atoms with E-state index in [4.69, 9.17) is 0 Å². The van der Waals surface area contributed by atoms with Crippen molar-refractivity contribution in [2.75, 3.05) is 19.6 Å². The SMILES string of the molecule is Cc1ccccc1Sc1ccc(/C=C/C(=O)NCCCN2CCCC2=O)cc1C(F)(F)F. The summed E-state index contributed by atoms with van der Waals surface area (Å²) in [5, 5.41) is 2.70. The summed E-state index contributed by atoms with van der Waals surface area (Å²) in [7, 11) is 0. The van der Waals surface area contributed by atoms with Crippen LogP contribution in [0.25, 0.3) is 6.08 Å². The Bertz CT molecular complexity index is 1000. The van der Waals surface area contributed by atoms with Crippen LogP contribution in [0.2, 0.25) is 0 Å². The van der Waals surface area contributed by atoms with Gasteiger partial charge in [-0.1, -0.05) is 36.0 Å². The van der Waals surface area contributed by atoms with Crippen molar-refractivity contribution in [1.29, 1.82) is 0 Å². The molecular weight excluding hydrogens is 437 g/mol. The molecule has 1 aliphatic heterocycles. The van der Waals surface area contributed by atoms with Gasteiger partial charge in [-0.05, 0) is 55.2 Å². The van der Waals surface area contributed by atoms with Crippen molar-refractivity contribution in [2.45, 2.75) is 42.2 Å². The van der Waals surface area contributed by atoms with Crippen molar-refractivity contribution < 1.29 is 22.8 Å². The minimum Gasteiger partial charge on any atom is -0.352 e. The molecule has 2 aromatic carbocycles. The van der Waals surface area contributed by atoms with Gasteiger partial charge in [-0.2, -0.15) is 13.2 Å². The van der Waals surface area contributed by atoms with Crippen LogP contribution in [0.5, 0.6) is 0 Å². The number of hydrogen-bond acceptors (Lipinski definition) is 3. The molecule has 0 aliphatic carbocycles. The smallest absolute Gasteiger partial charge is 0.352 e. The molecule has 32 heavy (non-hydrogen) atoms. The standard InChI is InChI=1S/C24H25F3N2O2S/c1-17-6-2-3-7-20(17)32-21-11-9-18(16-19(21)24(25,26)27)10-12-22(30)28-13-5-15-29-14-4-8-23(29)31/h2-3,6-7,9-12,16H,4-5,8,13-15H2,1H3,(H,28,30)/b12-10+. The largest absolute Gasteiger partial charge is 0.417 e. The maximum absolute atomic E-state index is 13.6. The number of rotatable bonds is 8. The maximum atomic E-state index is 13.6. The molecule has 2 aromatic rings. The normalized spacial score (nSPS) is 14.4. The molecule has 0 spiro atoms. The Balaban J connectivity index is 1.60. The number of nitrogens with one attached hydrogen (secondary N) is 1. The van der Waals surface area contributed by atoms with Gasteiger partial charge < -0.3 is 10.2 Å². The molecule has 4 nitrogen and oxygen atoms in total. The Morgan fingerprint density at radius 2 is 1.97 bits per heavy atom. The summed E-state index contributed by atoms with van der Waals surface area (Å²) in [6, 6.07) is 11.3. The highest BCUT2D eigenvalue weighted by atomic mass is 32.2. The fourth-order valence-electron chi connectivity index (χ4n) is 3.40. The van der Waals surface area contributed by atoms with Crippen molar-refractivity contribution in [3.8, 4) is 0 Å². The van der Waals surface area contributed by atoms with Crippen LogP contribution in [-0.4, -0.2) is 36.3 Å². The molecule has 0 bridgehead atoms. The zero-order valence-electron chi connectivity index (χ0n) is 17.7. The van der Waals surface area contributed by atoms with Crippen molar-refractivity contribution in [1.82, 2.24) is 10.2 Å². The molecule has 1 aliphatic rings. The van der Waals surface area contributed by atoms with Crippen LogP contribution in [0.1, 0.15) is 36.0 Å². The zero-order valence-corrected chi connectivity index (χ0v) is 18.6. The summed E-state index contributed by atoms with van der Waals surface area (Å²) < 4.78 is 40.9. The van der Waals surface area contributed by atoms with Crippen molar-refractivity contribution >= 4 is 29.7 Å². The Morgan fingerprint density at radius 1 is 1.19 bits per heavy atom. The second-order valence-electron chi connectivity index (χ2n) is 7.58. The number of carbonyl (C=O) groups excluding carboxylic acids is 2. The van der Waals surface area contributed by atoms with E-state index in [0.717, 1.165) is 41.3 Å². The molecule has 0 radical (unpaired) electrons. The van der Waals surface area contributed by atoms with E-state index in [9.17, 15) is 22.8 Å². The molecule has 170 valence electrons. The average molecular weight is 463 g/mol. The van der Waals surface area contributed by atoms with Gasteiger partial charge in [0.05, 0.1) is 5.56 Å². The predicted octanol–water partition coefficient (Wildman–Crippen LogP) is 5.31. The molecule has 8 heteroatoms. The maximum Gasteiger partial charge on any atom is 0.417 e. The van der Waals surface area contributed by atoms with Crippen LogP contribution < -0.4 is 5.32 Å². The summed E-state index contributed by atoms with van der Waals surface area (Å²) in [4.78, 5) is 26.2. The third-order valence-corrected chi connectivity index (χ3v) is 6.38. The topological polar surface area (TPSA) is 49.4 Å². The molecule has 0 saturated carbocycles. The van der Waals surface area contributed by atoms with Crippen molar-refractivity contribution in [2.24, 2.45) is 0 Å². The minimum atomic E-state index is -4.51. The van der Waals surface area contributed by atoms with E-state index in [-0.39, 0.29) is 16.7 Å². The quantitative estimate of drug-likeness (QED) is 0.427. The van der Waals surface area contributed by atoms with E-state index >= 15 is 0 Å². The minimum absolute atomic E-state index is 0.116. The lowest BCUT2D eigenvalue weighted by Gasteiger charge is -2.15. The second kappa shape index (κ2) is 10.7. The molecular formula is C24H25F3N2O2S. The van der Waals surface area contributed by atoms with Gasteiger partial charge in [-0.3, -0.25) is 9.59 Å². The molecule has 2 amide bonds. The number of halogens is 3. The van der Waals surface area contributed by atoms with E-state index in [0.29, 0.717) is 31.5 Å². The van der Waals surface area contributed by atoms with Gasteiger partial charge in [0.25, 0.3) is 0 Å². The van der Waals surface area contributed by atoms with Gasteiger partial charge >= 0.3 is 6.18 Å². The first-order valence-electron chi connectivity index (χ1n) is 10.4. The van der Waals surface area contributed by atoms with E-state index in [1.165, 1.54) is 18.2 Å². The van der Waals surface area contributed by atoms with Gasteiger partial charge in [0.1, 0.15) is 0 Å². The van der Waals surface area contributed by atoms with Crippen LogP contribution in [0.3, 0.4) is 0 Å². The predicted molar refractivity (Wildman–Crippen MR) is 119 cm³/mol. The Labute approximate surface area is 189 Å². The first-order valence-corrected chi connectivity index (χ1v) is 11.2. The van der Waals surface area contributed by atoms with E-state index in [1.54, 1.807) is 23.1 Å². The zero-order chi connectivity index (χ0) is 23.1. The summed E-state index contributed by atoms with van der Waals surface area (Å²) >= 11 is 1.07.